The zero-order valence-electron chi connectivity index (χ0n) is 19.1. The summed E-state index contributed by atoms with van der Waals surface area (Å²) in [6.07, 6.45) is 5.60. The molecule has 0 aromatic heterocycles. The molecule has 0 atom stereocenters. The minimum atomic E-state index is -3.36. The van der Waals surface area contributed by atoms with Gasteiger partial charge < -0.3 is 10.0 Å². The Kier molecular flexibility index (Phi) is 8.82. The van der Waals surface area contributed by atoms with Crippen molar-refractivity contribution in [2.45, 2.75) is 57.2 Å². The zero-order valence-corrected chi connectivity index (χ0v) is 19.9. The van der Waals surface area contributed by atoms with Gasteiger partial charge in [0.25, 0.3) is 0 Å². The number of aliphatic hydroxyl groups excluding tert-OH is 1. The first-order valence-electron chi connectivity index (χ1n) is 11.4. The number of halogens is 1. The van der Waals surface area contributed by atoms with Crippen LogP contribution in [-0.2, 0) is 23.1 Å². The van der Waals surface area contributed by atoms with Gasteiger partial charge in [0.15, 0.2) is 0 Å². The molecular weight excluding hydrogens is 427 g/mol. The summed E-state index contributed by atoms with van der Waals surface area (Å²) in [4.78, 5) is 2.21. The van der Waals surface area contributed by atoms with Crippen molar-refractivity contribution in [3.8, 4) is 0 Å². The molecule has 0 aliphatic heterocycles. The maximum absolute atomic E-state index is 13.2. The number of nitrogens with zero attached hydrogens (tertiary/aromatic N) is 2. The first kappa shape index (κ1) is 24.8. The largest absolute Gasteiger partial charge is 0.396 e. The molecule has 0 unspecified atom stereocenters. The number of hydrogen-bond donors (Lipinski definition) is 1. The van der Waals surface area contributed by atoms with Gasteiger partial charge in [-0.25, -0.2) is 12.8 Å². The highest BCUT2D eigenvalue weighted by Crippen LogP contribution is 2.36. The molecule has 1 N–H and O–H groups in total. The van der Waals surface area contributed by atoms with E-state index in [2.05, 4.69) is 36.2 Å². The van der Waals surface area contributed by atoms with E-state index in [1.54, 1.807) is 16.4 Å². The first-order valence-corrected chi connectivity index (χ1v) is 13.2. The topological polar surface area (TPSA) is 60.9 Å². The summed E-state index contributed by atoms with van der Waals surface area (Å²) in [6, 6.07) is 14.8. The van der Waals surface area contributed by atoms with Crippen molar-refractivity contribution in [1.29, 1.82) is 0 Å². The molecule has 32 heavy (non-hydrogen) atoms. The Bertz CT molecular complexity index is 940. The van der Waals surface area contributed by atoms with Gasteiger partial charge in [-0.1, -0.05) is 36.4 Å². The van der Waals surface area contributed by atoms with Gasteiger partial charge in [0, 0.05) is 32.3 Å². The summed E-state index contributed by atoms with van der Waals surface area (Å²) in [5.41, 5.74) is 3.37. The van der Waals surface area contributed by atoms with Crippen molar-refractivity contribution in [3.05, 3.63) is 71.0 Å². The molecule has 1 aliphatic rings. The van der Waals surface area contributed by atoms with Crippen LogP contribution in [0.1, 0.15) is 54.7 Å². The number of benzene rings is 2. The minimum Gasteiger partial charge on any atom is -0.396 e. The number of sulfonamides is 1. The molecule has 3 rings (SSSR count). The third-order valence-electron chi connectivity index (χ3n) is 6.38. The molecule has 0 radical (unpaired) electrons. The van der Waals surface area contributed by atoms with Crippen LogP contribution in [0.5, 0.6) is 0 Å². The standard InChI is InChI=1S/C25H35FN2O3S/c1-27(16-3-17-29)18-20-4-8-22(9-5-20)23-10-14-25(15-11-23)28(32(2,30)31)19-21-6-12-24(26)13-7-21/h4-9,12-13,23,25,29H,3,10-11,14-19H2,1-2H3/t23-,25-. The SMILES string of the molecule is CN(CCCO)Cc1ccc([C@H]2CC[C@H](N(Cc3ccc(F)cc3)S(C)(=O)=O)CC2)cc1. The van der Waals surface area contributed by atoms with Gasteiger partial charge in [-0.05, 0) is 73.9 Å². The lowest BCUT2D eigenvalue weighted by molar-refractivity contribution is 0.235. The molecule has 0 saturated heterocycles. The maximum Gasteiger partial charge on any atom is 0.211 e. The van der Waals surface area contributed by atoms with Crippen molar-refractivity contribution in [2.24, 2.45) is 0 Å². The molecule has 7 heteroatoms. The Morgan fingerprint density at radius 1 is 0.938 bits per heavy atom. The van der Waals surface area contributed by atoms with Gasteiger partial charge in [-0.3, -0.25) is 0 Å². The van der Waals surface area contributed by atoms with E-state index >= 15 is 0 Å². The van der Waals surface area contributed by atoms with E-state index in [1.807, 2.05) is 0 Å². The van der Waals surface area contributed by atoms with Gasteiger partial charge in [0.1, 0.15) is 5.82 Å². The van der Waals surface area contributed by atoms with Crippen molar-refractivity contribution in [1.82, 2.24) is 9.21 Å². The minimum absolute atomic E-state index is 0.0225. The fraction of sp³-hybridized carbons (Fsp3) is 0.520. The molecule has 0 bridgehead atoms. The second-order valence-corrected chi connectivity index (χ2v) is 10.9. The van der Waals surface area contributed by atoms with Crippen LogP contribution in [0.15, 0.2) is 48.5 Å². The smallest absolute Gasteiger partial charge is 0.211 e. The summed E-state index contributed by atoms with van der Waals surface area (Å²) >= 11 is 0. The molecule has 1 saturated carbocycles. The Balaban J connectivity index is 1.58. The van der Waals surface area contributed by atoms with Gasteiger partial charge in [0.2, 0.25) is 10.0 Å². The Morgan fingerprint density at radius 3 is 2.06 bits per heavy atom. The molecule has 0 amide bonds. The first-order chi connectivity index (χ1) is 15.3. The molecule has 176 valence electrons. The van der Waals surface area contributed by atoms with E-state index in [4.69, 9.17) is 5.11 Å². The maximum atomic E-state index is 13.2. The van der Waals surface area contributed by atoms with Gasteiger partial charge in [0.05, 0.1) is 6.26 Å². The normalized spacial score (nSPS) is 19.6. The van der Waals surface area contributed by atoms with Crippen molar-refractivity contribution in [2.75, 3.05) is 26.5 Å². The Morgan fingerprint density at radius 2 is 1.50 bits per heavy atom. The predicted octanol–water partition coefficient (Wildman–Crippen LogP) is 4.13. The number of rotatable bonds is 10. The van der Waals surface area contributed by atoms with Gasteiger partial charge in [-0.2, -0.15) is 4.31 Å². The van der Waals surface area contributed by atoms with Crippen LogP contribution in [0.25, 0.3) is 0 Å². The van der Waals surface area contributed by atoms with E-state index < -0.39 is 10.0 Å². The fourth-order valence-corrected chi connectivity index (χ4v) is 5.75. The van der Waals surface area contributed by atoms with Gasteiger partial charge in [-0.15, -0.1) is 0 Å². The van der Waals surface area contributed by atoms with Crippen molar-refractivity contribution < 1.29 is 17.9 Å². The van der Waals surface area contributed by atoms with Crippen LogP contribution in [-0.4, -0.2) is 55.2 Å². The van der Waals surface area contributed by atoms with Crippen LogP contribution in [0.3, 0.4) is 0 Å². The number of hydrogen-bond acceptors (Lipinski definition) is 4. The second-order valence-electron chi connectivity index (χ2n) is 9.00. The summed E-state index contributed by atoms with van der Waals surface area (Å²) in [5, 5.41) is 8.97. The van der Waals surface area contributed by atoms with Crippen LogP contribution in [0, 0.1) is 5.82 Å². The molecule has 0 spiro atoms. The van der Waals surface area contributed by atoms with Crippen molar-refractivity contribution in [3.63, 3.8) is 0 Å². The lowest BCUT2D eigenvalue weighted by Crippen LogP contribution is -2.41. The predicted molar refractivity (Wildman–Crippen MR) is 126 cm³/mol. The highest BCUT2D eigenvalue weighted by molar-refractivity contribution is 7.88. The van der Waals surface area contributed by atoms with E-state index in [0.717, 1.165) is 50.8 Å². The van der Waals surface area contributed by atoms with Crippen LogP contribution in [0.2, 0.25) is 0 Å². The van der Waals surface area contributed by atoms with Crippen LogP contribution >= 0.6 is 0 Å². The highest BCUT2D eigenvalue weighted by Gasteiger charge is 2.31. The van der Waals surface area contributed by atoms with Crippen molar-refractivity contribution >= 4 is 10.0 Å². The highest BCUT2D eigenvalue weighted by atomic mass is 32.2. The zero-order chi connectivity index (χ0) is 23.1. The summed E-state index contributed by atoms with van der Waals surface area (Å²) in [7, 11) is -1.30. The second kappa shape index (κ2) is 11.4. The van der Waals surface area contributed by atoms with E-state index in [0.29, 0.717) is 5.92 Å². The van der Waals surface area contributed by atoms with Gasteiger partial charge >= 0.3 is 0 Å². The molecule has 2 aromatic carbocycles. The third kappa shape index (κ3) is 7.10. The third-order valence-corrected chi connectivity index (χ3v) is 7.66. The molecule has 0 heterocycles. The summed E-state index contributed by atoms with van der Waals surface area (Å²) in [5.74, 6) is 0.127. The van der Waals surface area contributed by atoms with Crippen LogP contribution < -0.4 is 0 Å². The van der Waals surface area contributed by atoms with E-state index in [9.17, 15) is 12.8 Å². The molecule has 1 aliphatic carbocycles. The lowest BCUT2D eigenvalue weighted by atomic mass is 9.81. The van der Waals surface area contributed by atoms with E-state index in [-0.39, 0.29) is 25.0 Å². The monoisotopic (exact) mass is 462 g/mol. The quantitative estimate of drug-likeness (QED) is 0.577. The lowest BCUT2D eigenvalue weighted by Gasteiger charge is -2.35. The van der Waals surface area contributed by atoms with Crippen LogP contribution in [0.4, 0.5) is 4.39 Å². The molecule has 1 fully saturated rings. The average Bonchev–Trinajstić information content (AvgIpc) is 2.77. The Hall–Kier alpha value is -1.80. The average molecular weight is 463 g/mol. The molecular formula is C25H35FN2O3S. The molecule has 5 nitrogen and oxygen atoms in total. The summed E-state index contributed by atoms with van der Waals surface area (Å²) in [6.45, 7) is 2.23. The Labute approximate surface area is 191 Å². The molecule has 2 aromatic rings. The van der Waals surface area contributed by atoms with E-state index in [1.165, 1.54) is 29.5 Å². The fourth-order valence-electron chi connectivity index (χ4n) is 4.61. The summed E-state index contributed by atoms with van der Waals surface area (Å²) < 4.78 is 39.8. The number of aliphatic hydroxyl groups is 1.